The van der Waals surface area contributed by atoms with Crippen LogP contribution in [0, 0.1) is 0 Å². The van der Waals surface area contributed by atoms with Gasteiger partial charge in [0.25, 0.3) is 0 Å². The lowest BCUT2D eigenvalue weighted by atomic mass is 10.0. The number of carbonyl (C=O) groups is 1. The van der Waals surface area contributed by atoms with Gasteiger partial charge in [0.2, 0.25) is 5.91 Å². The SMILES string of the molecule is CC(C)c1cc(OCc2ccccn2)ccc1Nc1cccc(C(N)=O)c1. The molecule has 0 aliphatic rings. The number of nitrogens with zero attached hydrogens (tertiary/aromatic N) is 1. The van der Waals surface area contributed by atoms with E-state index in [1.54, 1.807) is 18.3 Å². The molecule has 0 unspecified atom stereocenters. The fourth-order valence-electron chi connectivity index (χ4n) is 2.77. The van der Waals surface area contributed by atoms with Gasteiger partial charge in [0.15, 0.2) is 0 Å². The summed E-state index contributed by atoms with van der Waals surface area (Å²) in [6, 6.07) is 18.9. The quantitative estimate of drug-likeness (QED) is 0.643. The minimum absolute atomic E-state index is 0.297. The van der Waals surface area contributed by atoms with Gasteiger partial charge in [-0.05, 0) is 60.0 Å². The van der Waals surface area contributed by atoms with Crippen molar-refractivity contribution < 1.29 is 9.53 Å². The van der Waals surface area contributed by atoms with Gasteiger partial charge in [-0.25, -0.2) is 0 Å². The van der Waals surface area contributed by atoms with Crippen LogP contribution in [0.4, 0.5) is 11.4 Å². The fourth-order valence-corrected chi connectivity index (χ4v) is 2.77. The van der Waals surface area contributed by atoms with Crippen molar-refractivity contribution in [2.24, 2.45) is 5.73 Å². The number of hydrogen-bond donors (Lipinski definition) is 2. The molecule has 3 aromatic rings. The van der Waals surface area contributed by atoms with E-state index in [0.717, 1.165) is 28.4 Å². The van der Waals surface area contributed by atoms with Crippen molar-refractivity contribution in [1.29, 1.82) is 0 Å². The highest BCUT2D eigenvalue weighted by Gasteiger charge is 2.10. The second kappa shape index (κ2) is 8.36. The molecule has 1 aromatic heterocycles. The fraction of sp³-hybridized carbons (Fsp3) is 0.182. The number of benzene rings is 2. The zero-order chi connectivity index (χ0) is 19.2. The molecule has 5 heteroatoms. The topological polar surface area (TPSA) is 77.2 Å². The Balaban J connectivity index is 1.79. The standard InChI is InChI=1S/C22H23N3O2/c1-15(2)20-13-19(27-14-18-7-3-4-11-24-18)9-10-21(20)25-17-8-5-6-16(12-17)22(23)26/h3-13,15,25H,14H2,1-2H3,(H2,23,26). The minimum atomic E-state index is -0.444. The highest BCUT2D eigenvalue weighted by atomic mass is 16.5. The highest BCUT2D eigenvalue weighted by Crippen LogP contribution is 2.31. The van der Waals surface area contributed by atoms with Crippen molar-refractivity contribution in [2.45, 2.75) is 26.4 Å². The van der Waals surface area contributed by atoms with E-state index in [1.165, 1.54) is 0 Å². The van der Waals surface area contributed by atoms with Crippen LogP contribution in [0.3, 0.4) is 0 Å². The van der Waals surface area contributed by atoms with Gasteiger partial charge >= 0.3 is 0 Å². The Labute approximate surface area is 159 Å². The Morgan fingerprint density at radius 3 is 2.67 bits per heavy atom. The molecule has 1 amide bonds. The van der Waals surface area contributed by atoms with E-state index >= 15 is 0 Å². The lowest BCUT2D eigenvalue weighted by molar-refractivity contribution is 0.100. The molecule has 3 N–H and O–H groups in total. The van der Waals surface area contributed by atoms with Gasteiger partial charge in [-0.3, -0.25) is 9.78 Å². The van der Waals surface area contributed by atoms with Gasteiger partial charge in [-0.1, -0.05) is 26.0 Å². The number of hydrogen-bond acceptors (Lipinski definition) is 4. The molecule has 2 aromatic carbocycles. The monoisotopic (exact) mass is 361 g/mol. The largest absolute Gasteiger partial charge is 0.487 e. The number of aromatic nitrogens is 1. The molecule has 5 nitrogen and oxygen atoms in total. The van der Waals surface area contributed by atoms with Gasteiger partial charge in [0, 0.05) is 23.1 Å². The molecule has 0 saturated carbocycles. The van der Waals surface area contributed by atoms with E-state index in [-0.39, 0.29) is 0 Å². The normalized spacial score (nSPS) is 10.6. The van der Waals surface area contributed by atoms with Gasteiger partial charge in [-0.15, -0.1) is 0 Å². The number of nitrogens with two attached hydrogens (primary N) is 1. The van der Waals surface area contributed by atoms with E-state index in [0.29, 0.717) is 18.1 Å². The molecule has 27 heavy (non-hydrogen) atoms. The highest BCUT2D eigenvalue weighted by molar-refractivity contribution is 5.93. The number of amides is 1. The van der Waals surface area contributed by atoms with Crippen molar-refractivity contribution >= 4 is 17.3 Å². The average Bonchev–Trinajstić information content (AvgIpc) is 2.68. The van der Waals surface area contributed by atoms with Crippen molar-refractivity contribution in [3.05, 3.63) is 83.7 Å². The first-order valence-electron chi connectivity index (χ1n) is 8.86. The lowest BCUT2D eigenvalue weighted by Crippen LogP contribution is -2.11. The average molecular weight is 361 g/mol. The third-order valence-electron chi connectivity index (χ3n) is 4.18. The second-order valence-electron chi connectivity index (χ2n) is 6.58. The van der Waals surface area contributed by atoms with Gasteiger partial charge < -0.3 is 15.8 Å². The van der Waals surface area contributed by atoms with Gasteiger partial charge in [0.1, 0.15) is 12.4 Å². The number of nitrogens with one attached hydrogen (secondary N) is 1. The summed E-state index contributed by atoms with van der Waals surface area (Å²) in [5.41, 5.74) is 9.63. The van der Waals surface area contributed by atoms with Crippen LogP contribution in [0.15, 0.2) is 66.9 Å². The summed E-state index contributed by atoms with van der Waals surface area (Å²) < 4.78 is 5.89. The van der Waals surface area contributed by atoms with Crippen LogP contribution >= 0.6 is 0 Å². The molecular weight excluding hydrogens is 338 g/mol. The molecule has 0 bridgehead atoms. The number of rotatable bonds is 7. The maximum Gasteiger partial charge on any atom is 0.248 e. The summed E-state index contributed by atoms with van der Waals surface area (Å²) in [4.78, 5) is 15.7. The van der Waals surface area contributed by atoms with Crippen molar-refractivity contribution in [3.63, 3.8) is 0 Å². The van der Waals surface area contributed by atoms with E-state index in [9.17, 15) is 4.79 Å². The predicted octanol–water partition coefficient (Wildman–Crippen LogP) is 4.63. The molecule has 138 valence electrons. The number of carbonyl (C=O) groups excluding carboxylic acids is 1. The maximum atomic E-state index is 11.4. The Bertz CT molecular complexity index is 924. The van der Waals surface area contributed by atoms with Gasteiger partial charge in [-0.2, -0.15) is 0 Å². The van der Waals surface area contributed by atoms with Crippen molar-refractivity contribution in [2.75, 3.05) is 5.32 Å². The summed E-state index contributed by atoms with van der Waals surface area (Å²) in [5, 5.41) is 3.37. The van der Waals surface area contributed by atoms with E-state index in [4.69, 9.17) is 10.5 Å². The van der Waals surface area contributed by atoms with Crippen LogP contribution in [0.1, 0.15) is 41.4 Å². The zero-order valence-corrected chi connectivity index (χ0v) is 15.5. The van der Waals surface area contributed by atoms with Crippen LogP contribution in [-0.2, 0) is 6.61 Å². The third-order valence-corrected chi connectivity index (χ3v) is 4.18. The van der Waals surface area contributed by atoms with Crippen LogP contribution in [0.2, 0.25) is 0 Å². The summed E-state index contributed by atoms with van der Waals surface area (Å²) in [5.74, 6) is 0.645. The van der Waals surface area contributed by atoms with Crippen LogP contribution in [-0.4, -0.2) is 10.9 Å². The summed E-state index contributed by atoms with van der Waals surface area (Å²) in [6.45, 7) is 4.68. The molecule has 0 aliphatic heterocycles. The van der Waals surface area contributed by atoms with Crippen LogP contribution in [0.5, 0.6) is 5.75 Å². The first-order valence-corrected chi connectivity index (χ1v) is 8.86. The molecule has 0 aliphatic carbocycles. The van der Waals surface area contributed by atoms with E-state index in [1.807, 2.05) is 48.5 Å². The smallest absolute Gasteiger partial charge is 0.248 e. The molecule has 0 fully saturated rings. The summed E-state index contributed by atoms with van der Waals surface area (Å²) in [7, 11) is 0. The first-order chi connectivity index (χ1) is 13.0. The minimum Gasteiger partial charge on any atom is -0.487 e. The third kappa shape index (κ3) is 4.85. The molecule has 0 spiro atoms. The predicted molar refractivity (Wildman–Crippen MR) is 107 cm³/mol. The first kappa shape index (κ1) is 18.5. The molecule has 1 heterocycles. The molecule has 3 rings (SSSR count). The Kier molecular flexibility index (Phi) is 5.71. The number of ether oxygens (including phenoxy) is 1. The van der Waals surface area contributed by atoms with Crippen molar-refractivity contribution in [1.82, 2.24) is 4.98 Å². The Hall–Kier alpha value is -3.34. The number of primary amides is 1. The number of pyridine rings is 1. The molecular formula is C22H23N3O2. The molecule has 0 saturated heterocycles. The Morgan fingerprint density at radius 1 is 1.11 bits per heavy atom. The van der Waals surface area contributed by atoms with E-state index in [2.05, 4.69) is 24.1 Å². The lowest BCUT2D eigenvalue weighted by Gasteiger charge is -2.17. The summed E-state index contributed by atoms with van der Waals surface area (Å²) >= 11 is 0. The molecule has 0 atom stereocenters. The van der Waals surface area contributed by atoms with E-state index < -0.39 is 5.91 Å². The van der Waals surface area contributed by atoms with Crippen LogP contribution < -0.4 is 15.8 Å². The maximum absolute atomic E-state index is 11.4. The number of anilines is 2. The summed E-state index contributed by atoms with van der Waals surface area (Å²) in [6.07, 6.45) is 1.76. The second-order valence-corrected chi connectivity index (χ2v) is 6.58. The zero-order valence-electron chi connectivity index (χ0n) is 15.5. The molecule has 0 radical (unpaired) electrons. The van der Waals surface area contributed by atoms with Crippen molar-refractivity contribution in [3.8, 4) is 5.75 Å². The van der Waals surface area contributed by atoms with Crippen LogP contribution in [0.25, 0.3) is 0 Å². The van der Waals surface area contributed by atoms with Gasteiger partial charge in [0.05, 0.1) is 5.69 Å². The Morgan fingerprint density at radius 2 is 1.96 bits per heavy atom.